The van der Waals surface area contributed by atoms with Crippen molar-refractivity contribution in [3.8, 4) is 16.4 Å². The highest BCUT2D eigenvalue weighted by Gasteiger charge is 2.24. The number of carbonyl (C=O) groups excluding carboxylic acids is 1. The molecule has 31 heavy (non-hydrogen) atoms. The van der Waals surface area contributed by atoms with Crippen LogP contribution < -0.4 is 0 Å². The molecule has 1 unspecified atom stereocenters. The van der Waals surface area contributed by atoms with Crippen LogP contribution in [-0.2, 0) is 20.8 Å². The van der Waals surface area contributed by atoms with Gasteiger partial charge in [-0.2, -0.15) is 5.10 Å². The number of rotatable bonds is 8. The largest absolute Gasteiger partial charge is 0.462 e. The number of benzene rings is 1. The van der Waals surface area contributed by atoms with Crippen LogP contribution in [0.5, 0.6) is 0 Å². The molecule has 4 rings (SSSR count). The van der Waals surface area contributed by atoms with Crippen molar-refractivity contribution in [2.45, 2.75) is 19.6 Å². The number of thiazole rings is 1. The average Bonchev–Trinajstić information content (AvgIpc) is 3.42. The molecule has 2 aromatic heterocycles. The first-order valence-electron chi connectivity index (χ1n) is 10.3. The predicted octanol–water partition coefficient (Wildman–Crippen LogP) is 3.02. The Bertz CT molecular complexity index is 998. The highest BCUT2D eigenvalue weighted by atomic mass is 32.1. The van der Waals surface area contributed by atoms with E-state index in [9.17, 15) is 4.79 Å². The van der Waals surface area contributed by atoms with Gasteiger partial charge in [-0.3, -0.25) is 4.90 Å². The molecule has 3 aromatic rings. The van der Waals surface area contributed by atoms with Gasteiger partial charge in [0.05, 0.1) is 50.1 Å². The molecule has 3 heterocycles. The Morgan fingerprint density at radius 3 is 2.90 bits per heavy atom. The molecule has 1 fully saturated rings. The number of ether oxygens (including phenoxy) is 3. The average molecular weight is 443 g/mol. The fraction of sp³-hybridized carbons (Fsp3) is 0.409. The lowest BCUT2D eigenvalue weighted by Gasteiger charge is -2.27. The SMILES string of the molecule is CCOC(=O)c1cnn(-c2nc(-c3ccccc3)cs2)c1CN(C)CC1COCCO1. The molecule has 1 saturated heterocycles. The minimum atomic E-state index is -0.380. The highest BCUT2D eigenvalue weighted by molar-refractivity contribution is 7.12. The molecule has 0 N–H and O–H groups in total. The molecule has 0 aliphatic carbocycles. The van der Waals surface area contributed by atoms with E-state index in [0.717, 1.165) is 17.0 Å². The normalized spacial score (nSPS) is 16.5. The maximum absolute atomic E-state index is 12.6. The number of nitrogens with zero attached hydrogens (tertiary/aromatic N) is 4. The van der Waals surface area contributed by atoms with Crippen LogP contribution in [-0.4, -0.2) is 71.8 Å². The molecule has 1 atom stereocenters. The molecular formula is C22H26N4O4S. The molecule has 164 valence electrons. The van der Waals surface area contributed by atoms with Gasteiger partial charge in [-0.15, -0.1) is 11.3 Å². The minimum Gasteiger partial charge on any atom is -0.462 e. The van der Waals surface area contributed by atoms with Crippen LogP contribution in [0, 0.1) is 0 Å². The second-order valence-electron chi connectivity index (χ2n) is 7.28. The summed E-state index contributed by atoms with van der Waals surface area (Å²) in [6, 6.07) is 9.99. The van der Waals surface area contributed by atoms with Crippen LogP contribution in [0.1, 0.15) is 23.0 Å². The molecule has 0 amide bonds. The van der Waals surface area contributed by atoms with E-state index >= 15 is 0 Å². The van der Waals surface area contributed by atoms with Crippen molar-refractivity contribution in [3.05, 3.63) is 53.2 Å². The van der Waals surface area contributed by atoms with Gasteiger partial charge in [-0.25, -0.2) is 14.5 Å². The molecule has 0 spiro atoms. The van der Waals surface area contributed by atoms with Crippen molar-refractivity contribution in [1.29, 1.82) is 0 Å². The summed E-state index contributed by atoms with van der Waals surface area (Å²) in [5.41, 5.74) is 3.11. The van der Waals surface area contributed by atoms with Crippen LogP contribution in [0.2, 0.25) is 0 Å². The summed E-state index contributed by atoms with van der Waals surface area (Å²) in [6.07, 6.45) is 1.57. The first kappa shape index (κ1) is 21.6. The van der Waals surface area contributed by atoms with Crippen LogP contribution in [0.15, 0.2) is 41.9 Å². The highest BCUT2D eigenvalue weighted by Crippen LogP contribution is 2.26. The second-order valence-corrected chi connectivity index (χ2v) is 8.12. The number of esters is 1. The molecule has 1 aliphatic heterocycles. The van der Waals surface area contributed by atoms with E-state index < -0.39 is 0 Å². The van der Waals surface area contributed by atoms with Gasteiger partial charge >= 0.3 is 5.97 Å². The van der Waals surface area contributed by atoms with Crippen molar-refractivity contribution in [1.82, 2.24) is 19.7 Å². The molecule has 1 aromatic carbocycles. The molecule has 0 saturated carbocycles. The van der Waals surface area contributed by atoms with Crippen LogP contribution in [0.25, 0.3) is 16.4 Å². The van der Waals surface area contributed by atoms with Gasteiger partial charge in [0.25, 0.3) is 0 Å². The zero-order valence-corrected chi connectivity index (χ0v) is 18.5. The summed E-state index contributed by atoms with van der Waals surface area (Å²) in [5.74, 6) is -0.380. The molecule has 1 aliphatic rings. The number of likely N-dealkylation sites (N-methyl/N-ethyl adjacent to an activating group) is 1. The van der Waals surface area contributed by atoms with Gasteiger partial charge in [-0.05, 0) is 14.0 Å². The number of aromatic nitrogens is 3. The summed E-state index contributed by atoms with van der Waals surface area (Å²) in [7, 11) is 1.99. The van der Waals surface area contributed by atoms with Crippen molar-refractivity contribution < 1.29 is 19.0 Å². The van der Waals surface area contributed by atoms with Crippen LogP contribution >= 0.6 is 11.3 Å². The zero-order chi connectivity index (χ0) is 21.6. The maximum atomic E-state index is 12.6. The van der Waals surface area contributed by atoms with Crippen molar-refractivity contribution in [2.24, 2.45) is 0 Å². The summed E-state index contributed by atoms with van der Waals surface area (Å²) in [6.45, 7) is 5.08. The monoisotopic (exact) mass is 442 g/mol. The van der Waals surface area contributed by atoms with E-state index in [1.807, 2.05) is 42.8 Å². The third kappa shape index (κ3) is 5.19. The quantitative estimate of drug-likeness (QED) is 0.496. The standard InChI is InChI=1S/C22H26N4O4S/c1-3-29-21(27)18-11-23-26(20(18)13-25(2)12-17-14-28-9-10-30-17)22-24-19(15-31-22)16-7-5-4-6-8-16/h4-8,11,15,17H,3,9-10,12-14H2,1-2H3. The van der Waals surface area contributed by atoms with Gasteiger partial charge in [0.1, 0.15) is 5.56 Å². The van der Waals surface area contributed by atoms with Crippen molar-refractivity contribution >= 4 is 17.3 Å². The smallest absolute Gasteiger partial charge is 0.341 e. The van der Waals surface area contributed by atoms with Gasteiger partial charge in [0.2, 0.25) is 5.13 Å². The summed E-state index contributed by atoms with van der Waals surface area (Å²) in [5, 5.41) is 7.18. The molecular weight excluding hydrogens is 416 g/mol. The third-order valence-corrected chi connectivity index (χ3v) is 5.74. The Labute approximate surface area is 185 Å². The van der Waals surface area contributed by atoms with Gasteiger partial charge in [0, 0.05) is 24.0 Å². The van der Waals surface area contributed by atoms with E-state index in [4.69, 9.17) is 19.2 Å². The van der Waals surface area contributed by atoms with E-state index in [2.05, 4.69) is 10.00 Å². The number of hydrogen-bond donors (Lipinski definition) is 0. The van der Waals surface area contributed by atoms with Gasteiger partial charge < -0.3 is 14.2 Å². The Morgan fingerprint density at radius 2 is 2.16 bits per heavy atom. The summed E-state index contributed by atoms with van der Waals surface area (Å²) >= 11 is 1.49. The first-order valence-corrected chi connectivity index (χ1v) is 11.2. The minimum absolute atomic E-state index is 0.00529. The number of carbonyl (C=O) groups is 1. The summed E-state index contributed by atoms with van der Waals surface area (Å²) < 4.78 is 18.2. The van der Waals surface area contributed by atoms with Crippen molar-refractivity contribution in [3.63, 3.8) is 0 Å². The Hall–Kier alpha value is -2.59. The van der Waals surface area contributed by atoms with E-state index in [0.29, 0.717) is 50.2 Å². The Balaban J connectivity index is 1.60. The maximum Gasteiger partial charge on any atom is 0.341 e. The lowest BCUT2D eigenvalue weighted by molar-refractivity contribution is -0.0963. The third-order valence-electron chi connectivity index (χ3n) is 4.93. The molecule has 9 heteroatoms. The fourth-order valence-electron chi connectivity index (χ4n) is 3.48. The number of hydrogen-bond acceptors (Lipinski definition) is 8. The lowest BCUT2D eigenvalue weighted by Crippen LogP contribution is -2.38. The van der Waals surface area contributed by atoms with Crippen LogP contribution in [0.3, 0.4) is 0 Å². The molecule has 0 radical (unpaired) electrons. The second kappa shape index (κ2) is 10.1. The van der Waals surface area contributed by atoms with Gasteiger partial charge in [-0.1, -0.05) is 30.3 Å². The van der Waals surface area contributed by atoms with Crippen molar-refractivity contribution in [2.75, 3.05) is 40.0 Å². The van der Waals surface area contributed by atoms with E-state index in [-0.39, 0.29) is 12.1 Å². The van der Waals surface area contributed by atoms with Crippen LogP contribution in [0.4, 0.5) is 0 Å². The fourth-order valence-corrected chi connectivity index (χ4v) is 4.30. The first-order chi connectivity index (χ1) is 15.2. The lowest BCUT2D eigenvalue weighted by atomic mass is 10.2. The molecule has 8 nitrogen and oxygen atoms in total. The van der Waals surface area contributed by atoms with E-state index in [1.54, 1.807) is 17.8 Å². The Morgan fingerprint density at radius 1 is 1.32 bits per heavy atom. The van der Waals surface area contributed by atoms with E-state index in [1.165, 1.54) is 11.3 Å². The van der Waals surface area contributed by atoms with Gasteiger partial charge in [0.15, 0.2) is 0 Å². The predicted molar refractivity (Wildman–Crippen MR) is 118 cm³/mol. The molecule has 0 bridgehead atoms. The summed E-state index contributed by atoms with van der Waals surface area (Å²) in [4.78, 5) is 19.4. The zero-order valence-electron chi connectivity index (χ0n) is 17.7. The topological polar surface area (TPSA) is 78.7 Å². The Kier molecular flexibility index (Phi) is 7.08.